The van der Waals surface area contributed by atoms with E-state index < -0.39 is 30.3 Å². The first kappa shape index (κ1) is 13.8. The van der Waals surface area contributed by atoms with Crippen LogP contribution in [0.25, 0.3) is 0 Å². The Kier molecular flexibility index (Phi) is 4.80. The highest BCUT2D eigenvalue weighted by molar-refractivity contribution is 6.33. The maximum absolute atomic E-state index is 12.9. The number of halogens is 3. The molecule has 0 saturated carbocycles. The van der Waals surface area contributed by atoms with Crippen molar-refractivity contribution in [2.24, 2.45) is 0 Å². The lowest BCUT2D eigenvalue weighted by Crippen LogP contribution is -2.34. The van der Waals surface area contributed by atoms with Crippen LogP contribution in [0.15, 0.2) is 12.1 Å². The van der Waals surface area contributed by atoms with Crippen LogP contribution in [0.5, 0.6) is 0 Å². The molecule has 0 radical (unpaired) electrons. The lowest BCUT2D eigenvalue weighted by molar-refractivity contribution is 0.0801. The van der Waals surface area contributed by atoms with E-state index in [1.807, 2.05) is 0 Å². The van der Waals surface area contributed by atoms with E-state index in [2.05, 4.69) is 5.32 Å². The maximum Gasteiger partial charge on any atom is 0.252 e. The topological polar surface area (TPSA) is 69.6 Å². The second-order valence-corrected chi connectivity index (χ2v) is 3.70. The first-order valence-electron chi connectivity index (χ1n) is 4.67. The van der Waals surface area contributed by atoms with Gasteiger partial charge in [0, 0.05) is 6.54 Å². The fourth-order valence-corrected chi connectivity index (χ4v) is 1.30. The zero-order valence-corrected chi connectivity index (χ0v) is 9.34. The average Bonchev–Trinajstić information content (AvgIpc) is 2.30. The lowest BCUT2D eigenvalue weighted by atomic mass is 10.2. The first-order chi connectivity index (χ1) is 7.95. The number of hydrogen-bond donors (Lipinski definition) is 3. The standard InChI is InChI=1S/C10H10ClF2NO3/c11-7-2-9(13)8(12)1-6(7)10(17)14-3-5(16)4-15/h1-2,5,15-16H,3-4H2,(H,14,17). The summed E-state index contributed by atoms with van der Waals surface area (Å²) in [7, 11) is 0. The number of carbonyl (C=O) groups is 1. The van der Waals surface area contributed by atoms with Crippen molar-refractivity contribution in [1.82, 2.24) is 5.32 Å². The molecule has 3 N–H and O–H groups in total. The molecule has 17 heavy (non-hydrogen) atoms. The normalized spacial score (nSPS) is 12.3. The summed E-state index contributed by atoms with van der Waals surface area (Å²) >= 11 is 5.57. The Hall–Kier alpha value is -1.24. The molecule has 0 aliphatic carbocycles. The van der Waals surface area contributed by atoms with Gasteiger partial charge in [0.2, 0.25) is 0 Å². The molecule has 1 aromatic carbocycles. The molecule has 0 aromatic heterocycles. The fraction of sp³-hybridized carbons (Fsp3) is 0.300. The summed E-state index contributed by atoms with van der Waals surface area (Å²) in [6.45, 7) is -0.740. The van der Waals surface area contributed by atoms with E-state index in [-0.39, 0.29) is 17.1 Å². The smallest absolute Gasteiger partial charge is 0.252 e. The zero-order chi connectivity index (χ0) is 13.0. The highest BCUT2D eigenvalue weighted by Crippen LogP contribution is 2.19. The minimum Gasteiger partial charge on any atom is -0.394 e. The molecular weight excluding hydrogens is 256 g/mol. The minimum atomic E-state index is -1.19. The Bertz CT molecular complexity index is 428. The van der Waals surface area contributed by atoms with E-state index in [9.17, 15) is 13.6 Å². The highest BCUT2D eigenvalue weighted by Gasteiger charge is 2.15. The third kappa shape index (κ3) is 3.62. The van der Waals surface area contributed by atoms with E-state index in [1.165, 1.54) is 0 Å². The Balaban J connectivity index is 2.79. The van der Waals surface area contributed by atoms with Gasteiger partial charge in [-0.1, -0.05) is 11.6 Å². The molecular formula is C10H10ClF2NO3. The van der Waals surface area contributed by atoms with Gasteiger partial charge in [0.1, 0.15) is 0 Å². The fourth-order valence-electron chi connectivity index (χ4n) is 1.07. The molecule has 0 spiro atoms. The van der Waals surface area contributed by atoms with Crippen LogP contribution in [0.4, 0.5) is 8.78 Å². The minimum absolute atomic E-state index is 0.218. The van der Waals surface area contributed by atoms with Crippen LogP contribution in [-0.2, 0) is 0 Å². The summed E-state index contributed by atoms with van der Waals surface area (Å²) in [5, 5.41) is 19.5. The van der Waals surface area contributed by atoms with Gasteiger partial charge in [0.25, 0.3) is 5.91 Å². The molecule has 4 nitrogen and oxygen atoms in total. The van der Waals surface area contributed by atoms with Crippen molar-refractivity contribution in [3.05, 3.63) is 34.4 Å². The van der Waals surface area contributed by atoms with Crippen LogP contribution in [0.2, 0.25) is 5.02 Å². The predicted octanol–water partition coefficient (Wildman–Crippen LogP) is 0.701. The summed E-state index contributed by atoms with van der Waals surface area (Å²) < 4.78 is 25.6. The molecule has 1 unspecified atom stereocenters. The number of benzene rings is 1. The number of hydrogen-bond acceptors (Lipinski definition) is 3. The molecule has 7 heteroatoms. The van der Waals surface area contributed by atoms with Crippen LogP contribution < -0.4 is 5.32 Å². The second kappa shape index (κ2) is 5.90. The Morgan fingerprint density at radius 2 is 2.00 bits per heavy atom. The van der Waals surface area contributed by atoms with Crippen molar-refractivity contribution >= 4 is 17.5 Å². The molecule has 1 rings (SSSR count). The third-order valence-electron chi connectivity index (χ3n) is 1.96. The van der Waals surface area contributed by atoms with Gasteiger partial charge in [-0.25, -0.2) is 8.78 Å². The number of nitrogens with one attached hydrogen (secondary N) is 1. The van der Waals surface area contributed by atoms with Gasteiger partial charge in [-0.15, -0.1) is 0 Å². The van der Waals surface area contributed by atoms with Crippen molar-refractivity contribution in [1.29, 1.82) is 0 Å². The first-order valence-corrected chi connectivity index (χ1v) is 5.05. The van der Waals surface area contributed by atoms with Crippen molar-refractivity contribution in [2.75, 3.05) is 13.2 Å². The van der Waals surface area contributed by atoms with Crippen LogP contribution in [0.1, 0.15) is 10.4 Å². The zero-order valence-electron chi connectivity index (χ0n) is 8.58. The summed E-state index contributed by atoms with van der Waals surface area (Å²) in [4.78, 5) is 11.5. The van der Waals surface area contributed by atoms with Crippen molar-refractivity contribution in [2.45, 2.75) is 6.10 Å². The quantitative estimate of drug-likeness (QED) is 0.702. The van der Waals surface area contributed by atoms with Crippen molar-refractivity contribution in [3.63, 3.8) is 0 Å². The largest absolute Gasteiger partial charge is 0.394 e. The Morgan fingerprint density at radius 1 is 1.41 bits per heavy atom. The van der Waals surface area contributed by atoms with Crippen LogP contribution in [0.3, 0.4) is 0 Å². The third-order valence-corrected chi connectivity index (χ3v) is 2.28. The molecule has 1 amide bonds. The number of aliphatic hydroxyl groups excluding tert-OH is 2. The summed E-state index contributed by atoms with van der Waals surface area (Å²) in [5.74, 6) is -3.11. The van der Waals surface area contributed by atoms with Gasteiger partial charge in [0.15, 0.2) is 11.6 Å². The van der Waals surface area contributed by atoms with E-state index >= 15 is 0 Å². The molecule has 0 aliphatic rings. The van der Waals surface area contributed by atoms with Gasteiger partial charge >= 0.3 is 0 Å². The number of carbonyl (C=O) groups excluding carboxylic acids is 1. The van der Waals surface area contributed by atoms with Crippen LogP contribution in [-0.4, -0.2) is 35.4 Å². The molecule has 0 aliphatic heterocycles. The van der Waals surface area contributed by atoms with Gasteiger partial charge < -0.3 is 15.5 Å². The lowest BCUT2D eigenvalue weighted by Gasteiger charge is -2.10. The number of amides is 1. The van der Waals surface area contributed by atoms with Gasteiger partial charge in [-0.3, -0.25) is 4.79 Å². The molecule has 0 heterocycles. The number of rotatable bonds is 4. The molecule has 94 valence electrons. The molecule has 0 fully saturated rings. The predicted molar refractivity (Wildman–Crippen MR) is 56.8 cm³/mol. The van der Waals surface area contributed by atoms with E-state index in [4.69, 9.17) is 21.8 Å². The van der Waals surface area contributed by atoms with Crippen LogP contribution in [0, 0.1) is 11.6 Å². The van der Waals surface area contributed by atoms with Crippen LogP contribution >= 0.6 is 11.6 Å². The highest BCUT2D eigenvalue weighted by atomic mass is 35.5. The van der Waals surface area contributed by atoms with E-state index in [0.717, 1.165) is 0 Å². The van der Waals surface area contributed by atoms with Crippen molar-refractivity contribution in [3.8, 4) is 0 Å². The summed E-state index contributed by atoms with van der Waals surface area (Å²) in [6, 6.07) is 1.35. The average molecular weight is 266 g/mol. The maximum atomic E-state index is 12.9. The van der Waals surface area contributed by atoms with Crippen molar-refractivity contribution < 1.29 is 23.8 Å². The molecule has 0 bridgehead atoms. The molecule has 1 aromatic rings. The molecule has 1 atom stereocenters. The van der Waals surface area contributed by atoms with E-state index in [0.29, 0.717) is 12.1 Å². The van der Waals surface area contributed by atoms with Gasteiger partial charge in [-0.2, -0.15) is 0 Å². The Labute approximate surface area is 101 Å². The summed E-state index contributed by atoms with van der Waals surface area (Å²) in [5.41, 5.74) is -0.240. The van der Waals surface area contributed by atoms with E-state index in [1.54, 1.807) is 0 Å². The number of aliphatic hydroxyl groups is 2. The SMILES string of the molecule is O=C(NCC(O)CO)c1cc(F)c(F)cc1Cl. The monoisotopic (exact) mass is 265 g/mol. The summed E-state index contributed by atoms with van der Waals surface area (Å²) in [6.07, 6.45) is -1.12. The van der Waals surface area contributed by atoms with Gasteiger partial charge in [-0.05, 0) is 12.1 Å². The second-order valence-electron chi connectivity index (χ2n) is 3.29. The van der Waals surface area contributed by atoms with Gasteiger partial charge in [0.05, 0.1) is 23.3 Å². The Morgan fingerprint density at radius 3 is 2.59 bits per heavy atom. The molecule has 0 saturated heterocycles.